The van der Waals surface area contributed by atoms with Crippen LogP contribution in [0, 0.1) is 0 Å². The molecule has 0 saturated carbocycles. The largest absolute Gasteiger partial charge is 0.399 e. The van der Waals surface area contributed by atoms with E-state index in [4.69, 9.17) is 17.3 Å². The van der Waals surface area contributed by atoms with E-state index in [-0.39, 0.29) is 5.91 Å². The number of nitrogens with two attached hydrogens (primary N) is 1. The molecule has 0 aromatic heterocycles. The number of anilines is 2. The van der Waals surface area contributed by atoms with Gasteiger partial charge in [0, 0.05) is 27.4 Å². The predicted octanol–water partition coefficient (Wildman–Crippen LogP) is 4.35. The van der Waals surface area contributed by atoms with Crippen molar-refractivity contribution in [2.45, 2.75) is 6.92 Å². The van der Waals surface area contributed by atoms with E-state index in [0.29, 0.717) is 27.3 Å². The Hall–Kier alpha value is -1.52. The molecular weight excluding hydrogens is 340 g/mol. The predicted molar refractivity (Wildman–Crippen MR) is 87.4 cm³/mol. The van der Waals surface area contributed by atoms with Crippen molar-refractivity contribution in [2.75, 3.05) is 17.2 Å². The quantitative estimate of drug-likeness (QED) is 0.834. The fraction of sp³-hybridized carbons (Fsp3) is 0.133. The summed E-state index contributed by atoms with van der Waals surface area (Å²) in [5.74, 6) is -0.118. The molecule has 0 aliphatic carbocycles. The zero-order valence-electron chi connectivity index (χ0n) is 10.9. The topological polar surface area (TPSA) is 46.3 Å². The molecule has 2 aromatic carbocycles. The van der Waals surface area contributed by atoms with Crippen LogP contribution in [0.15, 0.2) is 46.9 Å². The van der Waals surface area contributed by atoms with Crippen LogP contribution in [0.5, 0.6) is 0 Å². The number of carbonyl (C=O) groups excluding carboxylic acids is 1. The van der Waals surface area contributed by atoms with E-state index in [9.17, 15) is 4.79 Å². The minimum atomic E-state index is -0.118. The van der Waals surface area contributed by atoms with E-state index < -0.39 is 0 Å². The number of hydrogen-bond acceptors (Lipinski definition) is 2. The zero-order valence-corrected chi connectivity index (χ0v) is 13.3. The second-order valence-electron chi connectivity index (χ2n) is 4.27. The van der Waals surface area contributed by atoms with Crippen molar-refractivity contribution >= 4 is 44.8 Å². The Balaban J connectivity index is 2.41. The second kappa shape index (κ2) is 6.29. The molecule has 0 atom stereocenters. The average molecular weight is 354 g/mol. The molecule has 0 fully saturated rings. The maximum Gasteiger partial charge on any atom is 0.259 e. The highest BCUT2D eigenvalue weighted by atomic mass is 79.9. The maximum absolute atomic E-state index is 12.7. The molecule has 0 aliphatic heterocycles. The van der Waals surface area contributed by atoms with Gasteiger partial charge in [-0.3, -0.25) is 4.79 Å². The fourth-order valence-corrected chi connectivity index (χ4v) is 2.53. The van der Waals surface area contributed by atoms with E-state index in [2.05, 4.69) is 15.9 Å². The van der Waals surface area contributed by atoms with Gasteiger partial charge < -0.3 is 10.6 Å². The summed E-state index contributed by atoms with van der Waals surface area (Å²) < 4.78 is 0.717. The van der Waals surface area contributed by atoms with Crippen molar-refractivity contribution in [1.82, 2.24) is 0 Å². The summed E-state index contributed by atoms with van der Waals surface area (Å²) >= 11 is 9.35. The van der Waals surface area contributed by atoms with E-state index in [0.717, 1.165) is 5.69 Å². The first kappa shape index (κ1) is 14.9. The fourth-order valence-electron chi connectivity index (χ4n) is 1.94. The summed E-state index contributed by atoms with van der Waals surface area (Å²) in [6.07, 6.45) is 0. The molecule has 2 rings (SSSR count). The smallest absolute Gasteiger partial charge is 0.259 e. The Morgan fingerprint density at radius 3 is 2.70 bits per heavy atom. The first-order chi connectivity index (χ1) is 9.52. The van der Waals surface area contributed by atoms with Gasteiger partial charge in [0.25, 0.3) is 5.91 Å². The van der Waals surface area contributed by atoms with Gasteiger partial charge in [-0.1, -0.05) is 17.7 Å². The summed E-state index contributed by atoms with van der Waals surface area (Å²) in [7, 11) is 0. The van der Waals surface area contributed by atoms with Crippen LogP contribution in [0.25, 0.3) is 0 Å². The SMILES string of the molecule is CCN(C(=O)c1cc(Cl)ccc1Br)c1cccc(N)c1. The van der Waals surface area contributed by atoms with Crippen molar-refractivity contribution in [3.8, 4) is 0 Å². The van der Waals surface area contributed by atoms with Gasteiger partial charge in [0.2, 0.25) is 0 Å². The molecule has 20 heavy (non-hydrogen) atoms. The standard InChI is InChI=1S/C15H14BrClN2O/c1-2-19(12-5-3-4-11(18)9-12)15(20)13-8-10(17)6-7-14(13)16/h3-9H,2,18H2,1H3. The molecule has 0 unspecified atom stereocenters. The molecule has 0 bridgehead atoms. The van der Waals surface area contributed by atoms with Gasteiger partial charge in [-0.25, -0.2) is 0 Å². The van der Waals surface area contributed by atoms with E-state index in [1.807, 2.05) is 19.1 Å². The number of nitrogen functional groups attached to an aromatic ring is 1. The van der Waals surface area contributed by atoms with E-state index >= 15 is 0 Å². The molecule has 0 aliphatic rings. The number of benzene rings is 2. The highest BCUT2D eigenvalue weighted by Crippen LogP contribution is 2.25. The van der Waals surface area contributed by atoms with Gasteiger partial charge >= 0.3 is 0 Å². The van der Waals surface area contributed by atoms with Crippen molar-refractivity contribution in [3.05, 3.63) is 57.5 Å². The Bertz CT molecular complexity index is 646. The van der Waals surface area contributed by atoms with Crippen LogP contribution in [-0.4, -0.2) is 12.5 Å². The van der Waals surface area contributed by atoms with Crippen LogP contribution in [0.2, 0.25) is 5.02 Å². The molecular formula is C15H14BrClN2O. The Labute approximate surface area is 131 Å². The second-order valence-corrected chi connectivity index (χ2v) is 5.56. The third-order valence-electron chi connectivity index (χ3n) is 2.90. The summed E-state index contributed by atoms with van der Waals surface area (Å²) in [4.78, 5) is 14.3. The molecule has 3 nitrogen and oxygen atoms in total. The highest BCUT2D eigenvalue weighted by molar-refractivity contribution is 9.10. The number of nitrogens with zero attached hydrogens (tertiary/aromatic N) is 1. The lowest BCUT2D eigenvalue weighted by Gasteiger charge is -2.22. The Kier molecular flexibility index (Phi) is 4.68. The molecule has 5 heteroatoms. The van der Waals surface area contributed by atoms with Crippen molar-refractivity contribution in [1.29, 1.82) is 0 Å². The molecule has 1 amide bonds. The van der Waals surface area contributed by atoms with Crippen molar-refractivity contribution in [2.24, 2.45) is 0 Å². The summed E-state index contributed by atoms with van der Waals surface area (Å²) in [6, 6.07) is 12.4. The van der Waals surface area contributed by atoms with Gasteiger partial charge in [-0.05, 0) is 59.3 Å². The minimum absolute atomic E-state index is 0.118. The first-order valence-corrected chi connectivity index (χ1v) is 7.32. The summed E-state index contributed by atoms with van der Waals surface area (Å²) in [5, 5.41) is 0.528. The molecule has 104 valence electrons. The van der Waals surface area contributed by atoms with E-state index in [1.165, 1.54) is 0 Å². The van der Waals surface area contributed by atoms with E-state index in [1.54, 1.807) is 35.2 Å². The maximum atomic E-state index is 12.7. The number of amides is 1. The minimum Gasteiger partial charge on any atom is -0.399 e. The monoisotopic (exact) mass is 352 g/mol. The number of hydrogen-bond donors (Lipinski definition) is 1. The molecule has 0 saturated heterocycles. The number of halogens is 2. The lowest BCUT2D eigenvalue weighted by atomic mass is 10.1. The molecule has 2 N–H and O–H groups in total. The third kappa shape index (κ3) is 3.14. The van der Waals surface area contributed by atoms with Crippen molar-refractivity contribution < 1.29 is 4.79 Å². The van der Waals surface area contributed by atoms with Crippen LogP contribution in [0.4, 0.5) is 11.4 Å². The van der Waals surface area contributed by atoms with Gasteiger partial charge in [-0.2, -0.15) is 0 Å². The third-order valence-corrected chi connectivity index (χ3v) is 3.83. The molecule has 0 heterocycles. The molecule has 0 radical (unpaired) electrons. The Morgan fingerprint density at radius 1 is 1.30 bits per heavy atom. The summed E-state index contributed by atoms with van der Waals surface area (Å²) in [5.41, 5.74) is 7.70. The summed E-state index contributed by atoms with van der Waals surface area (Å²) in [6.45, 7) is 2.46. The van der Waals surface area contributed by atoms with Crippen LogP contribution in [0.1, 0.15) is 17.3 Å². The highest BCUT2D eigenvalue weighted by Gasteiger charge is 2.19. The number of carbonyl (C=O) groups is 1. The van der Waals surface area contributed by atoms with Crippen LogP contribution in [0.3, 0.4) is 0 Å². The van der Waals surface area contributed by atoms with Gasteiger partial charge in [0.05, 0.1) is 5.56 Å². The van der Waals surface area contributed by atoms with Crippen LogP contribution < -0.4 is 10.6 Å². The zero-order chi connectivity index (χ0) is 14.7. The van der Waals surface area contributed by atoms with Crippen molar-refractivity contribution in [3.63, 3.8) is 0 Å². The van der Waals surface area contributed by atoms with Crippen LogP contribution >= 0.6 is 27.5 Å². The first-order valence-electron chi connectivity index (χ1n) is 6.15. The van der Waals surface area contributed by atoms with Crippen LogP contribution in [-0.2, 0) is 0 Å². The molecule has 0 spiro atoms. The van der Waals surface area contributed by atoms with Gasteiger partial charge in [-0.15, -0.1) is 0 Å². The lowest BCUT2D eigenvalue weighted by Crippen LogP contribution is -2.30. The lowest BCUT2D eigenvalue weighted by molar-refractivity contribution is 0.0987. The van der Waals surface area contributed by atoms with Gasteiger partial charge in [0.15, 0.2) is 0 Å². The Morgan fingerprint density at radius 2 is 2.05 bits per heavy atom. The number of rotatable bonds is 3. The molecule has 2 aromatic rings. The average Bonchev–Trinajstić information content (AvgIpc) is 2.42. The van der Waals surface area contributed by atoms with Gasteiger partial charge in [0.1, 0.15) is 0 Å². The normalized spacial score (nSPS) is 10.3.